The summed E-state index contributed by atoms with van der Waals surface area (Å²) < 4.78 is 11.4. The van der Waals surface area contributed by atoms with E-state index < -0.39 is 0 Å². The summed E-state index contributed by atoms with van der Waals surface area (Å²) in [6.07, 6.45) is 4.13. The number of carbonyl (C=O) groups excluding carboxylic acids is 1. The number of pyridine rings is 1. The van der Waals surface area contributed by atoms with Gasteiger partial charge in [-0.05, 0) is 49.2 Å². The van der Waals surface area contributed by atoms with Crippen LogP contribution in [0.15, 0.2) is 42.6 Å². The van der Waals surface area contributed by atoms with Gasteiger partial charge in [-0.3, -0.25) is 4.79 Å². The molecule has 0 saturated carbocycles. The fourth-order valence-corrected chi connectivity index (χ4v) is 4.80. The van der Waals surface area contributed by atoms with Gasteiger partial charge in [0.25, 0.3) is 5.91 Å². The van der Waals surface area contributed by atoms with Crippen molar-refractivity contribution in [2.24, 2.45) is 0 Å². The molecule has 1 unspecified atom stereocenters. The number of amides is 1. The molecule has 1 atom stereocenters. The molecule has 4 heterocycles. The smallest absolute Gasteiger partial charge is 0.253 e. The first-order valence-corrected chi connectivity index (χ1v) is 11.2. The summed E-state index contributed by atoms with van der Waals surface area (Å²) in [6, 6.07) is 11.3. The van der Waals surface area contributed by atoms with Gasteiger partial charge >= 0.3 is 0 Å². The van der Waals surface area contributed by atoms with Crippen molar-refractivity contribution < 1.29 is 14.3 Å². The largest absolute Gasteiger partial charge is 0.491 e. The van der Waals surface area contributed by atoms with Gasteiger partial charge in [0.05, 0.1) is 6.10 Å². The summed E-state index contributed by atoms with van der Waals surface area (Å²) in [6.45, 7) is 4.29. The maximum atomic E-state index is 12.9. The topological polar surface area (TPSA) is 67.8 Å². The second-order valence-corrected chi connectivity index (χ2v) is 8.53. The van der Waals surface area contributed by atoms with Crippen LogP contribution in [0.25, 0.3) is 10.3 Å². The van der Waals surface area contributed by atoms with Gasteiger partial charge in [-0.2, -0.15) is 0 Å². The second-order valence-electron chi connectivity index (χ2n) is 7.57. The highest BCUT2D eigenvalue weighted by molar-refractivity contribution is 7.21. The summed E-state index contributed by atoms with van der Waals surface area (Å²) in [4.78, 5) is 27.0. The van der Waals surface area contributed by atoms with Crippen molar-refractivity contribution >= 4 is 32.7 Å². The van der Waals surface area contributed by atoms with Crippen LogP contribution in [-0.4, -0.2) is 66.3 Å². The Morgan fingerprint density at radius 3 is 2.73 bits per heavy atom. The summed E-state index contributed by atoms with van der Waals surface area (Å²) in [5.41, 5.74) is 1.62. The molecular formula is C22H24N4O3S. The summed E-state index contributed by atoms with van der Waals surface area (Å²) in [7, 11) is 0. The van der Waals surface area contributed by atoms with E-state index in [-0.39, 0.29) is 12.0 Å². The van der Waals surface area contributed by atoms with Crippen molar-refractivity contribution in [3.63, 3.8) is 0 Å². The monoisotopic (exact) mass is 424 g/mol. The number of rotatable bonds is 5. The van der Waals surface area contributed by atoms with E-state index in [4.69, 9.17) is 9.47 Å². The molecule has 3 aromatic rings. The predicted octanol–water partition coefficient (Wildman–Crippen LogP) is 3.21. The highest BCUT2D eigenvalue weighted by Crippen LogP contribution is 2.28. The maximum Gasteiger partial charge on any atom is 0.253 e. The molecule has 7 nitrogen and oxygen atoms in total. The molecule has 2 aliphatic rings. The number of benzene rings is 1. The Kier molecular flexibility index (Phi) is 5.50. The Morgan fingerprint density at radius 1 is 1.17 bits per heavy atom. The minimum Gasteiger partial charge on any atom is -0.491 e. The van der Waals surface area contributed by atoms with Crippen molar-refractivity contribution in [2.45, 2.75) is 18.9 Å². The second kappa shape index (κ2) is 8.57. The fraction of sp³-hybridized carbons (Fsp3) is 0.409. The Labute approximate surface area is 179 Å². The average Bonchev–Trinajstić information content (AvgIpc) is 3.47. The van der Waals surface area contributed by atoms with Gasteiger partial charge in [0.2, 0.25) is 0 Å². The number of anilines is 1. The lowest BCUT2D eigenvalue weighted by atomic mass is 10.1. The molecule has 2 saturated heterocycles. The van der Waals surface area contributed by atoms with Crippen LogP contribution in [0.4, 0.5) is 5.13 Å². The first-order valence-electron chi connectivity index (χ1n) is 10.4. The van der Waals surface area contributed by atoms with Crippen molar-refractivity contribution in [3.8, 4) is 5.75 Å². The van der Waals surface area contributed by atoms with E-state index in [0.29, 0.717) is 25.3 Å². The number of aromatic nitrogens is 2. The average molecular weight is 425 g/mol. The zero-order chi connectivity index (χ0) is 20.3. The molecule has 1 aromatic carbocycles. The Hall–Kier alpha value is -2.71. The lowest BCUT2D eigenvalue weighted by molar-refractivity contribution is 0.0678. The third-order valence-electron chi connectivity index (χ3n) is 5.55. The molecule has 5 rings (SSSR count). The van der Waals surface area contributed by atoms with E-state index in [2.05, 4.69) is 14.9 Å². The summed E-state index contributed by atoms with van der Waals surface area (Å²) >= 11 is 1.60. The zero-order valence-electron chi connectivity index (χ0n) is 16.7. The number of thiazole rings is 1. The molecule has 2 fully saturated rings. The number of hydrogen-bond acceptors (Lipinski definition) is 7. The van der Waals surface area contributed by atoms with Gasteiger partial charge in [-0.1, -0.05) is 11.3 Å². The molecule has 1 amide bonds. The predicted molar refractivity (Wildman–Crippen MR) is 116 cm³/mol. The van der Waals surface area contributed by atoms with Crippen LogP contribution in [-0.2, 0) is 4.74 Å². The standard InChI is InChI=1S/C22H24N4O3S/c27-21(16-5-7-17(8-6-16)29-15-18-3-2-14-28-18)25-10-12-26(13-11-25)22-24-19-4-1-9-23-20(19)30-22/h1,4-9,18H,2-3,10-15H2. The van der Waals surface area contributed by atoms with Gasteiger partial charge in [0.1, 0.15) is 22.7 Å². The molecule has 8 heteroatoms. The van der Waals surface area contributed by atoms with Crippen molar-refractivity contribution in [1.29, 1.82) is 0 Å². The van der Waals surface area contributed by atoms with Crippen molar-refractivity contribution in [3.05, 3.63) is 48.2 Å². The molecule has 30 heavy (non-hydrogen) atoms. The van der Waals surface area contributed by atoms with Gasteiger partial charge in [-0.25, -0.2) is 9.97 Å². The third-order valence-corrected chi connectivity index (χ3v) is 6.59. The number of nitrogens with zero attached hydrogens (tertiary/aromatic N) is 4. The third kappa shape index (κ3) is 4.11. The first-order chi connectivity index (χ1) is 14.8. The Bertz CT molecular complexity index is 976. The van der Waals surface area contributed by atoms with Crippen LogP contribution in [0, 0.1) is 0 Å². The zero-order valence-corrected chi connectivity index (χ0v) is 17.5. The summed E-state index contributed by atoms with van der Waals surface area (Å²) in [5, 5.41) is 0.976. The molecule has 0 N–H and O–H groups in total. The fourth-order valence-electron chi connectivity index (χ4n) is 3.84. The molecule has 2 aliphatic heterocycles. The number of ether oxygens (including phenoxy) is 2. The van der Waals surface area contributed by atoms with Crippen molar-refractivity contribution in [1.82, 2.24) is 14.9 Å². The van der Waals surface area contributed by atoms with Crippen LogP contribution in [0.2, 0.25) is 0 Å². The molecule has 2 aromatic heterocycles. The molecule has 0 radical (unpaired) electrons. The normalized spacial score (nSPS) is 19.4. The van der Waals surface area contributed by atoms with Gasteiger partial charge < -0.3 is 19.3 Å². The van der Waals surface area contributed by atoms with E-state index in [1.54, 1.807) is 17.5 Å². The van der Waals surface area contributed by atoms with Crippen LogP contribution in [0.1, 0.15) is 23.2 Å². The number of carbonyl (C=O) groups is 1. The minimum absolute atomic E-state index is 0.0614. The van der Waals surface area contributed by atoms with E-state index >= 15 is 0 Å². The maximum absolute atomic E-state index is 12.9. The highest BCUT2D eigenvalue weighted by Gasteiger charge is 2.24. The lowest BCUT2D eigenvalue weighted by Gasteiger charge is -2.34. The SMILES string of the molecule is O=C(c1ccc(OCC2CCCO2)cc1)N1CCN(c2nc3cccnc3s2)CC1. The molecule has 156 valence electrons. The van der Waals surface area contributed by atoms with Gasteiger partial charge in [-0.15, -0.1) is 0 Å². The molecule has 0 bridgehead atoms. The number of hydrogen-bond donors (Lipinski definition) is 0. The van der Waals surface area contributed by atoms with E-state index in [0.717, 1.165) is 53.8 Å². The minimum atomic E-state index is 0.0614. The van der Waals surface area contributed by atoms with Crippen LogP contribution >= 0.6 is 11.3 Å². The Morgan fingerprint density at radius 2 is 2.00 bits per heavy atom. The van der Waals surface area contributed by atoms with E-state index in [1.165, 1.54) is 0 Å². The van der Waals surface area contributed by atoms with Crippen molar-refractivity contribution in [2.75, 3.05) is 44.3 Å². The molecular weight excluding hydrogens is 400 g/mol. The first kappa shape index (κ1) is 19.3. The highest BCUT2D eigenvalue weighted by atomic mass is 32.1. The van der Waals surface area contributed by atoms with Crippen LogP contribution < -0.4 is 9.64 Å². The van der Waals surface area contributed by atoms with E-state index in [9.17, 15) is 4.79 Å². The summed E-state index contributed by atoms with van der Waals surface area (Å²) in [5.74, 6) is 0.836. The molecule has 0 spiro atoms. The lowest BCUT2D eigenvalue weighted by Crippen LogP contribution is -2.48. The molecule has 0 aliphatic carbocycles. The van der Waals surface area contributed by atoms with Crippen LogP contribution in [0.3, 0.4) is 0 Å². The van der Waals surface area contributed by atoms with Gasteiger partial charge in [0, 0.05) is 44.5 Å². The van der Waals surface area contributed by atoms with Gasteiger partial charge in [0.15, 0.2) is 5.13 Å². The van der Waals surface area contributed by atoms with E-state index in [1.807, 2.05) is 41.3 Å². The Balaban J connectivity index is 1.16. The number of fused-ring (bicyclic) bond motifs is 1. The van der Waals surface area contributed by atoms with Crippen LogP contribution in [0.5, 0.6) is 5.75 Å². The quantitative estimate of drug-likeness (QED) is 0.627. The number of piperazine rings is 1.